The summed E-state index contributed by atoms with van der Waals surface area (Å²) in [5, 5.41) is 10.8. The van der Waals surface area contributed by atoms with Crippen molar-refractivity contribution in [2.45, 2.75) is 85.1 Å². The van der Waals surface area contributed by atoms with E-state index in [2.05, 4.69) is 49.6 Å². The van der Waals surface area contributed by atoms with E-state index in [9.17, 15) is 14.4 Å². The van der Waals surface area contributed by atoms with Gasteiger partial charge >= 0.3 is 0 Å². The van der Waals surface area contributed by atoms with Gasteiger partial charge in [0.1, 0.15) is 28.4 Å². The molecule has 16 heteroatoms. The number of amides is 3. The lowest BCUT2D eigenvalue weighted by atomic mass is 10.1. The second kappa shape index (κ2) is 17.0. The number of rotatable bonds is 19. The maximum absolute atomic E-state index is 13.6. The fourth-order valence-corrected chi connectivity index (χ4v) is 6.76. The molecule has 0 saturated heterocycles. The normalized spacial score (nSPS) is 13.4. The molecule has 0 bridgehead atoms. The molecule has 2 heterocycles. The van der Waals surface area contributed by atoms with E-state index in [-0.39, 0.29) is 34.6 Å². The number of benzene rings is 2. The molecular weight excluding hydrogens is 719 g/mol. The van der Waals surface area contributed by atoms with Crippen molar-refractivity contribution in [3.8, 4) is 11.5 Å². The van der Waals surface area contributed by atoms with Crippen LogP contribution in [-0.2, 0) is 17.5 Å². The first-order valence-electron chi connectivity index (χ1n) is 18.7. The number of aryl methyl sites for hydroxylation is 2. The molecule has 2 aromatic carbocycles. The third-order valence-corrected chi connectivity index (χ3v) is 14.5. The van der Waals surface area contributed by atoms with Gasteiger partial charge in [0, 0.05) is 43.8 Å². The molecule has 1 fully saturated rings. The number of allylic oxidation sites excluding steroid dienone is 1. The minimum atomic E-state index is -1.90. The van der Waals surface area contributed by atoms with E-state index in [0.29, 0.717) is 90.5 Å². The number of nitrogens with zero attached hydrogens (tertiary/aromatic N) is 4. The van der Waals surface area contributed by atoms with Crippen LogP contribution in [0.4, 0.5) is 17.3 Å². The number of primary amides is 2. The molecule has 1 aliphatic rings. The van der Waals surface area contributed by atoms with Gasteiger partial charge in [0.25, 0.3) is 5.91 Å². The van der Waals surface area contributed by atoms with E-state index in [1.54, 1.807) is 28.9 Å². The van der Waals surface area contributed by atoms with Gasteiger partial charge in [-0.2, -0.15) is 5.10 Å². The maximum Gasteiger partial charge on any atom is 0.276 e. The largest absolute Gasteiger partial charge is 0.491 e. The quantitative estimate of drug-likeness (QED) is 0.0332. The molecular formula is C39H55N9O6Si. The number of hydrogen-bond donors (Lipinski definition) is 5. The summed E-state index contributed by atoms with van der Waals surface area (Å²) in [5.74, 6) is -0.0450. The van der Waals surface area contributed by atoms with Gasteiger partial charge in [0.05, 0.1) is 30.1 Å². The maximum atomic E-state index is 13.6. The standard InChI is InChI=1S/C39H55N9O6Si/c1-8-48-30(18-24(2)46-48)37(51)45-38-44-29-20-27(36(42)50)22-32(53-23-25-12-13-25)34(29)47(38)15-10-9-14-43-33-28(40)19-26(35(41)49)21-31(33)52-16-11-17-54-55(6,7)39(3,4)5/h9-10,18-22,25,43H,8,11-17,23,40H2,1-7H3,(H2,41,49)(H2,42,50)(H,44,45,51). The average molecular weight is 774 g/mol. The number of fused-ring (bicyclic) bond motifs is 1. The molecule has 15 nitrogen and oxygen atoms in total. The first kappa shape index (κ1) is 40.8. The van der Waals surface area contributed by atoms with Crippen LogP contribution in [0.1, 0.15) is 83.9 Å². The number of carbonyl (C=O) groups excluding carboxylic acids is 3. The first-order chi connectivity index (χ1) is 26.0. The minimum absolute atomic E-state index is 0.0995. The van der Waals surface area contributed by atoms with E-state index in [0.717, 1.165) is 12.8 Å². The Bertz CT molecular complexity index is 2080. The van der Waals surface area contributed by atoms with E-state index >= 15 is 0 Å². The van der Waals surface area contributed by atoms with Gasteiger partial charge in [-0.25, -0.2) is 4.98 Å². The molecule has 0 aliphatic heterocycles. The van der Waals surface area contributed by atoms with Crippen molar-refractivity contribution in [3.05, 3.63) is 65.0 Å². The summed E-state index contributed by atoms with van der Waals surface area (Å²) in [5.41, 5.74) is 21.2. The number of hydrogen-bond acceptors (Lipinski definition) is 10. The SMILES string of the molecule is CCn1nc(C)cc1C(=O)Nc1nc2cc(C(N)=O)cc(OCC3CC3)c2n1CC=CCNc1c(N)cc(C(N)=O)cc1OCCCO[Si](C)(C)C(C)(C)C. The molecule has 296 valence electrons. The lowest BCUT2D eigenvalue weighted by Gasteiger charge is -2.36. The number of nitrogens with one attached hydrogen (secondary N) is 2. The topological polar surface area (TPSA) is 217 Å². The number of aromatic nitrogens is 4. The van der Waals surface area contributed by atoms with Crippen molar-refractivity contribution in [1.82, 2.24) is 19.3 Å². The third-order valence-electron chi connectivity index (χ3n) is 10.0. The van der Waals surface area contributed by atoms with Crippen LogP contribution in [0, 0.1) is 12.8 Å². The van der Waals surface area contributed by atoms with Crippen molar-refractivity contribution in [3.63, 3.8) is 0 Å². The zero-order chi connectivity index (χ0) is 40.1. The van der Waals surface area contributed by atoms with Crippen LogP contribution in [0.15, 0.2) is 42.5 Å². The highest BCUT2D eigenvalue weighted by molar-refractivity contribution is 6.74. The van der Waals surface area contributed by atoms with Gasteiger partial charge in [-0.1, -0.05) is 32.9 Å². The van der Waals surface area contributed by atoms with Crippen LogP contribution < -0.4 is 37.3 Å². The number of anilines is 3. The Balaban J connectivity index is 1.36. The van der Waals surface area contributed by atoms with Gasteiger partial charge in [-0.3, -0.25) is 24.4 Å². The fraction of sp³-hybridized carbons (Fsp3) is 0.462. The Kier molecular flexibility index (Phi) is 12.6. The number of nitrogens with two attached hydrogens (primary N) is 3. The Morgan fingerprint density at radius 3 is 2.33 bits per heavy atom. The molecule has 0 unspecified atom stereocenters. The minimum Gasteiger partial charge on any atom is -0.491 e. The number of ether oxygens (including phenoxy) is 2. The van der Waals surface area contributed by atoms with Crippen molar-refractivity contribution in [2.75, 3.05) is 42.7 Å². The first-order valence-corrected chi connectivity index (χ1v) is 21.6. The fourth-order valence-electron chi connectivity index (χ4n) is 5.67. The third kappa shape index (κ3) is 10.0. The summed E-state index contributed by atoms with van der Waals surface area (Å²) < 4.78 is 22.1. The van der Waals surface area contributed by atoms with E-state index in [4.69, 9.17) is 36.1 Å². The van der Waals surface area contributed by atoms with E-state index < -0.39 is 20.1 Å². The van der Waals surface area contributed by atoms with Crippen molar-refractivity contribution in [2.24, 2.45) is 17.4 Å². The predicted octanol–water partition coefficient (Wildman–Crippen LogP) is 5.84. The summed E-state index contributed by atoms with van der Waals surface area (Å²) in [4.78, 5) is 42.6. The van der Waals surface area contributed by atoms with Crippen LogP contribution >= 0.6 is 0 Å². The summed E-state index contributed by atoms with van der Waals surface area (Å²) in [6, 6.07) is 8.04. The van der Waals surface area contributed by atoms with Crippen molar-refractivity contribution < 1.29 is 28.3 Å². The second-order valence-corrected chi connectivity index (χ2v) is 20.2. The molecule has 55 heavy (non-hydrogen) atoms. The van der Waals surface area contributed by atoms with Crippen molar-refractivity contribution >= 4 is 54.4 Å². The van der Waals surface area contributed by atoms with E-state index in [1.807, 2.05) is 30.6 Å². The molecule has 1 saturated carbocycles. The van der Waals surface area contributed by atoms with Crippen LogP contribution in [0.25, 0.3) is 11.0 Å². The Morgan fingerprint density at radius 1 is 0.982 bits per heavy atom. The summed E-state index contributed by atoms with van der Waals surface area (Å²) >= 11 is 0. The molecule has 0 atom stereocenters. The lowest BCUT2D eigenvalue weighted by Crippen LogP contribution is -2.41. The number of nitrogen functional groups attached to an aromatic ring is 1. The molecule has 0 spiro atoms. The highest BCUT2D eigenvalue weighted by atomic mass is 28.4. The van der Waals surface area contributed by atoms with Crippen LogP contribution in [0.5, 0.6) is 11.5 Å². The monoisotopic (exact) mass is 773 g/mol. The molecule has 0 radical (unpaired) electrons. The smallest absolute Gasteiger partial charge is 0.276 e. The Labute approximate surface area is 323 Å². The van der Waals surface area contributed by atoms with Gasteiger partial charge in [-0.05, 0) is 81.1 Å². The summed E-state index contributed by atoms with van der Waals surface area (Å²) in [6.07, 6.45) is 6.61. The molecule has 2 aromatic heterocycles. The van der Waals surface area contributed by atoms with Gasteiger partial charge in [0.15, 0.2) is 8.32 Å². The van der Waals surface area contributed by atoms with Crippen molar-refractivity contribution in [1.29, 1.82) is 0 Å². The van der Waals surface area contributed by atoms with Gasteiger partial charge in [-0.15, -0.1) is 0 Å². The summed E-state index contributed by atoms with van der Waals surface area (Å²) in [7, 11) is -1.90. The van der Waals surface area contributed by atoms with Crippen LogP contribution in [0.2, 0.25) is 18.1 Å². The molecule has 1 aliphatic carbocycles. The van der Waals surface area contributed by atoms with E-state index in [1.165, 1.54) is 6.07 Å². The predicted molar refractivity (Wildman–Crippen MR) is 217 cm³/mol. The van der Waals surface area contributed by atoms with Crippen LogP contribution in [0.3, 0.4) is 0 Å². The zero-order valence-corrected chi connectivity index (χ0v) is 34.0. The number of carbonyl (C=O) groups is 3. The summed E-state index contributed by atoms with van der Waals surface area (Å²) in [6.45, 7) is 17.3. The van der Waals surface area contributed by atoms with Gasteiger partial charge in [0.2, 0.25) is 17.8 Å². The highest BCUT2D eigenvalue weighted by Gasteiger charge is 2.36. The number of imidazole rings is 1. The highest BCUT2D eigenvalue weighted by Crippen LogP contribution is 2.37. The second-order valence-electron chi connectivity index (χ2n) is 15.4. The van der Waals surface area contributed by atoms with Gasteiger partial charge < -0.3 is 41.0 Å². The molecule has 4 aromatic rings. The van der Waals surface area contributed by atoms with Crippen LogP contribution in [-0.4, -0.2) is 71.7 Å². The lowest BCUT2D eigenvalue weighted by molar-refractivity contribution is 0.0991. The Morgan fingerprint density at radius 2 is 1.67 bits per heavy atom. The molecule has 3 amide bonds. The Hall–Kier alpha value is -5.35. The molecule has 8 N–H and O–H groups in total. The molecule has 5 rings (SSSR count). The zero-order valence-electron chi connectivity index (χ0n) is 33.0. The average Bonchev–Trinajstić information content (AvgIpc) is 3.77.